The first-order chi connectivity index (χ1) is 9.67. The number of nitrogens with one attached hydrogen (secondary N) is 1. The lowest BCUT2D eigenvalue weighted by Gasteiger charge is -2.22. The number of halogens is 1. The first kappa shape index (κ1) is 14.5. The molecule has 1 saturated heterocycles. The van der Waals surface area contributed by atoms with Crippen molar-refractivity contribution in [3.8, 4) is 0 Å². The van der Waals surface area contributed by atoms with Crippen molar-refractivity contribution >= 4 is 15.9 Å². The van der Waals surface area contributed by atoms with Crippen molar-refractivity contribution in [2.45, 2.75) is 50.5 Å². The summed E-state index contributed by atoms with van der Waals surface area (Å²) in [5, 5.41) is 3.55. The van der Waals surface area contributed by atoms with Crippen molar-refractivity contribution in [2.24, 2.45) is 0 Å². The molecular formula is C16H22BrNO2. The smallest absolute Gasteiger partial charge is 0.168 e. The maximum Gasteiger partial charge on any atom is 0.168 e. The van der Waals surface area contributed by atoms with Crippen molar-refractivity contribution in [1.29, 1.82) is 0 Å². The molecule has 1 saturated carbocycles. The van der Waals surface area contributed by atoms with Crippen LogP contribution in [0.2, 0.25) is 0 Å². The van der Waals surface area contributed by atoms with Crippen molar-refractivity contribution < 1.29 is 9.47 Å². The summed E-state index contributed by atoms with van der Waals surface area (Å²) < 4.78 is 13.1. The van der Waals surface area contributed by atoms with E-state index in [9.17, 15) is 0 Å². The van der Waals surface area contributed by atoms with Gasteiger partial charge in [0.1, 0.15) is 0 Å². The lowest BCUT2D eigenvalue weighted by molar-refractivity contribution is -0.161. The van der Waals surface area contributed by atoms with E-state index in [4.69, 9.17) is 9.47 Å². The van der Waals surface area contributed by atoms with E-state index in [1.807, 2.05) is 0 Å². The zero-order valence-electron chi connectivity index (χ0n) is 11.9. The Labute approximate surface area is 129 Å². The van der Waals surface area contributed by atoms with Crippen LogP contribution in [0.5, 0.6) is 0 Å². The van der Waals surface area contributed by atoms with Crippen LogP contribution in [0.4, 0.5) is 0 Å². The molecule has 0 radical (unpaired) electrons. The van der Waals surface area contributed by atoms with Crippen LogP contribution < -0.4 is 5.32 Å². The Bertz CT molecular complexity index is 442. The normalized spacial score (nSPS) is 26.2. The van der Waals surface area contributed by atoms with Crippen LogP contribution in [0.3, 0.4) is 0 Å². The Hall–Kier alpha value is -0.420. The molecule has 3 nitrogen and oxygen atoms in total. The van der Waals surface area contributed by atoms with E-state index in [1.165, 1.54) is 18.4 Å². The van der Waals surface area contributed by atoms with Gasteiger partial charge >= 0.3 is 0 Å². The topological polar surface area (TPSA) is 30.5 Å². The Balaban J connectivity index is 1.49. The van der Waals surface area contributed by atoms with Crippen molar-refractivity contribution in [2.75, 3.05) is 13.2 Å². The van der Waals surface area contributed by atoms with E-state index in [2.05, 4.69) is 52.4 Å². The molecule has 20 heavy (non-hydrogen) atoms. The van der Waals surface area contributed by atoms with Crippen LogP contribution in [0.25, 0.3) is 0 Å². The molecule has 0 amide bonds. The second-order valence-corrected chi connectivity index (χ2v) is 6.77. The molecule has 2 atom stereocenters. The number of hydrogen-bond donors (Lipinski definition) is 1. The van der Waals surface area contributed by atoms with Crippen LogP contribution >= 0.6 is 15.9 Å². The highest BCUT2D eigenvalue weighted by Gasteiger charge is 2.43. The molecule has 1 aromatic carbocycles. The summed E-state index contributed by atoms with van der Waals surface area (Å²) in [5.41, 5.74) is 1.29. The molecular weight excluding hydrogens is 318 g/mol. The monoisotopic (exact) mass is 339 g/mol. The average molecular weight is 340 g/mol. The molecule has 1 aliphatic carbocycles. The van der Waals surface area contributed by atoms with Gasteiger partial charge in [-0.2, -0.15) is 0 Å². The molecule has 2 fully saturated rings. The third-order valence-corrected chi connectivity index (χ3v) is 4.83. The highest BCUT2D eigenvalue weighted by Crippen LogP contribution is 2.39. The number of rotatable bonds is 4. The molecule has 1 heterocycles. The van der Waals surface area contributed by atoms with Gasteiger partial charge in [0, 0.05) is 29.9 Å². The van der Waals surface area contributed by atoms with Crippen LogP contribution in [-0.4, -0.2) is 25.0 Å². The van der Waals surface area contributed by atoms with Crippen LogP contribution in [0.1, 0.15) is 44.2 Å². The fraction of sp³-hybridized carbons (Fsp3) is 0.625. The van der Waals surface area contributed by atoms with Crippen LogP contribution in [0.15, 0.2) is 28.7 Å². The van der Waals surface area contributed by atoms with Gasteiger partial charge in [-0.15, -0.1) is 0 Å². The van der Waals surface area contributed by atoms with Gasteiger partial charge in [-0.3, -0.25) is 0 Å². The number of hydrogen-bond acceptors (Lipinski definition) is 3. The first-order valence-corrected chi connectivity index (χ1v) is 8.27. The zero-order valence-corrected chi connectivity index (χ0v) is 13.5. The molecule has 1 spiro atoms. The lowest BCUT2D eigenvalue weighted by atomic mass is 10.1. The summed E-state index contributed by atoms with van der Waals surface area (Å²) in [6, 6.07) is 8.78. The van der Waals surface area contributed by atoms with E-state index >= 15 is 0 Å². The SMILES string of the molecule is C[C@@H](NC[C@H]1COC2(CCCC2)O1)c1ccc(Br)cc1. The average Bonchev–Trinajstić information content (AvgIpc) is 3.08. The predicted molar refractivity (Wildman–Crippen MR) is 82.6 cm³/mol. The van der Waals surface area contributed by atoms with Gasteiger partial charge in [0.15, 0.2) is 5.79 Å². The van der Waals surface area contributed by atoms with E-state index in [0.29, 0.717) is 6.04 Å². The fourth-order valence-corrected chi connectivity index (χ4v) is 3.33. The molecule has 1 aliphatic heterocycles. The predicted octanol–water partition coefficient (Wildman–Crippen LogP) is 3.79. The summed E-state index contributed by atoms with van der Waals surface area (Å²) in [4.78, 5) is 0. The van der Waals surface area contributed by atoms with Crippen molar-refractivity contribution in [1.82, 2.24) is 5.32 Å². The summed E-state index contributed by atoms with van der Waals surface area (Å²) in [5.74, 6) is -0.243. The minimum atomic E-state index is -0.243. The van der Waals surface area contributed by atoms with Gasteiger partial charge in [-0.25, -0.2) is 0 Å². The molecule has 110 valence electrons. The largest absolute Gasteiger partial charge is 0.347 e. The molecule has 0 aromatic heterocycles. The maximum atomic E-state index is 6.12. The van der Waals surface area contributed by atoms with E-state index in [-0.39, 0.29) is 11.9 Å². The lowest BCUT2D eigenvalue weighted by Crippen LogP contribution is -2.33. The Morgan fingerprint density at radius 3 is 2.70 bits per heavy atom. The summed E-state index contributed by atoms with van der Waals surface area (Å²) in [6.45, 7) is 3.75. The number of ether oxygens (including phenoxy) is 2. The molecule has 3 rings (SSSR count). The minimum absolute atomic E-state index is 0.186. The second kappa shape index (κ2) is 6.14. The van der Waals surface area contributed by atoms with Crippen molar-refractivity contribution in [3.05, 3.63) is 34.3 Å². The first-order valence-electron chi connectivity index (χ1n) is 7.47. The van der Waals surface area contributed by atoms with E-state index in [1.54, 1.807) is 0 Å². The van der Waals surface area contributed by atoms with Crippen molar-refractivity contribution in [3.63, 3.8) is 0 Å². The molecule has 0 bridgehead atoms. The highest BCUT2D eigenvalue weighted by atomic mass is 79.9. The van der Waals surface area contributed by atoms with Gasteiger partial charge in [0.25, 0.3) is 0 Å². The van der Waals surface area contributed by atoms with Crippen LogP contribution in [-0.2, 0) is 9.47 Å². The minimum Gasteiger partial charge on any atom is -0.347 e. The third-order valence-electron chi connectivity index (χ3n) is 4.30. The zero-order chi connectivity index (χ0) is 14.0. The van der Waals surface area contributed by atoms with E-state index < -0.39 is 0 Å². The maximum absolute atomic E-state index is 6.12. The fourth-order valence-electron chi connectivity index (χ4n) is 3.07. The molecule has 1 aromatic rings. The summed E-state index contributed by atoms with van der Waals surface area (Å²) >= 11 is 3.46. The van der Waals surface area contributed by atoms with Gasteiger partial charge < -0.3 is 14.8 Å². The molecule has 4 heteroatoms. The van der Waals surface area contributed by atoms with Gasteiger partial charge in [-0.1, -0.05) is 28.1 Å². The number of benzene rings is 1. The van der Waals surface area contributed by atoms with Gasteiger partial charge in [0.05, 0.1) is 12.7 Å². The standard InChI is InChI=1S/C16H22BrNO2/c1-12(13-4-6-14(17)7-5-13)18-10-15-11-19-16(20-15)8-2-3-9-16/h4-7,12,15,18H,2-3,8-11H2,1H3/t12-,15+/m1/s1. The van der Waals surface area contributed by atoms with E-state index in [0.717, 1.165) is 30.5 Å². The second-order valence-electron chi connectivity index (χ2n) is 5.85. The molecule has 0 unspecified atom stereocenters. The Morgan fingerprint density at radius 2 is 2.00 bits per heavy atom. The summed E-state index contributed by atoms with van der Waals surface area (Å²) in [7, 11) is 0. The van der Waals surface area contributed by atoms with Gasteiger partial charge in [-0.05, 0) is 37.5 Å². The third kappa shape index (κ3) is 3.25. The molecule has 2 aliphatic rings. The molecule has 1 N–H and O–H groups in total. The summed E-state index contributed by atoms with van der Waals surface area (Å²) in [6.07, 6.45) is 4.77. The van der Waals surface area contributed by atoms with Crippen LogP contribution in [0, 0.1) is 0 Å². The van der Waals surface area contributed by atoms with Gasteiger partial charge in [0.2, 0.25) is 0 Å². The highest BCUT2D eigenvalue weighted by molar-refractivity contribution is 9.10. The quantitative estimate of drug-likeness (QED) is 0.905. The Kier molecular flexibility index (Phi) is 4.46. The Morgan fingerprint density at radius 1 is 1.30 bits per heavy atom.